The molecule has 4 atom stereocenters. The maximum atomic E-state index is 10.5. The largest absolute Gasteiger partial charge is 1.00 e. The first-order valence-electron chi connectivity index (χ1n) is 7.19. The van der Waals surface area contributed by atoms with Gasteiger partial charge < -0.3 is 49.4 Å². The molecule has 0 rings (SSSR count). The predicted octanol–water partition coefficient (Wildman–Crippen LogP) is -19.3. The quantitative estimate of drug-likeness (QED) is 0.116. The first-order valence-corrected chi connectivity index (χ1v) is 7.19. The van der Waals surface area contributed by atoms with Gasteiger partial charge in [-0.15, -0.1) is 0 Å². The van der Waals surface area contributed by atoms with Crippen molar-refractivity contribution in [2.24, 2.45) is 11.8 Å². The van der Waals surface area contributed by atoms with Crippen molar-refractivity contribution in [1.29, 1.82) is 0 Å². The fourth-order valence-electron chi connectivity index (χ4n) is 1.70. The van der Waals surface area contributed by atoms with E-state index in [1.165, 1.54) is 0 Å². The molecule has 0 aliphatic heterocycles. The number of carbonyl (C=O) groups is 6. The summed E-state index contributed by atoms with van der Waals surface area (Å²) in [5, 5.41) is 69.0. The molecule has 14 nitrogen and oxygen atoms in total. The van der Waals surface area contributed by atoms with Crippen molar-refractivity contribution in [3.05, 3.63) is 0 Å². The SMILES string of the molecule is CC(O)(C(=O)O)[C@@H](CC(=O)O)C(=O)O.CC(O)(C(=O)O)[C@H](CC(=O)O)C(=O)O.[H-].[H-].[H-].[H-].[H-].[H-].[Na+].[Na+].[Na+].[Na+].[Na+].[Na+]. The number of carboxylic acids is 6. The van der Waals surface area contributed by atoms with E-state index in [0.29, 0.717) is 0 Å². The van der Waals surface area contributed by atoms with Gasteiger partial charge in [0.15, 0.2) is 11.2 Å². The summed E-state index contributed by atoms with van der Waals surface area (Å²) >= 11 is 0. The van der Waals surface area contributed by atoms with Gasteiger partial charge in [0, 0.05) is 0 Å². The van der Waals surface area contributed by atoms with Crippen LogP contribution in [0, 0.1) is 11.8 Å². The molecule has 2 unspecified atom stereocenters. The van der Waals surface area contributed by atoms with Crippen LogP contribution in [0.4, 0.5) is 0 Å². The third-order valence-electron chi connectivity index (χ3n) is 3.58. The van der Waals surface area contributed by atoms with Crippen molar-refractivity contribution < 1.29 is 256 Å². The van der Waals surface area contributed by atoms with E-state index in [4.69, 9.17) is 30.6 Å². The van der Waals surface area contributed by atoms with Crippen LogP contribution in [0.2, 0.25) is 0 Å². The molecular formula is C14H26Na6O14. The van der Waals surface area contributed by atoms with Crippen LogP contribution in [0.3, 0.4) is 0 Å². The van der Waals surface area contributed by atoms with Crippen molar-refractivity contribution in [1.82, 2.24) is 0 Å². The average Bonchev–Trinajstić information content (AvgIpc) is 2.49. The summed E-state index contributed by atoms with van der Waals surface area (Å²) in [4.78, 5) is 62.3. The first-order chi connectivity index (χ1) is 12.4. The normalized spacial score (nSPS) is 13.8. The molecule has 34 heavy (non-hydrogen) atoms. The second-order valence-electron chi connectivity index (χ2n) is 5.88. The smallest absolute Gasteiger partial charge is 1.00 e. The number of rotatable bonds is 10. The van der Waals surface area contributed by atoms with Crippen LogP contribution in [0.1, 0.15) is 35.2 Å². The van der Waals surface area contributed by atoms with E-state index in [0.717, 1.165) is 13.8 Å². The Hall–Kier alpha value is 2.74. The fraction of sp³-hybridized carbons (Fsp3) is 0.571. The van der Waals surface area contributed by atoms with Crippen LogP contribution in [-0.2, 0) is 28.8 Å². The van der Waals surface area contributed by atoms with E-state index in [-0.39, 0.29) is 186 Å². The minimum Gasteiger partial charge on any atom is -1.00 e. The van der Waals surface area contributed by atoms with Crippen LogP contribution in [-0.4, -0.2) is 87.9 Å². The zero-order valence-electron chi connectivity index (χ0n) is 26.6. The van der Waals surface area contributed by atoms with E-state index in [1.807, 2.05) is 0 Å². The molecular weight excluding hydrogens is 530 g/mol. The van der Waals surface area contributed by atoms with Gasteiger partial charge in [0.25, 0.3) is 0 Å². The summed E-state index contributed by atoms with van der Waals surface area (Å²) in [7, 11) is 0. The molecule has 172 valence electrons. The zero-order chi connectivity index (χ0) is 23.0. The Morgan fingerprint density at radius 2 is 0.735 bits per heavy atom. The van der Waals surface area contributed by atoms with Crippen molar-refractivity contribution in [3.63, 3.8) is 0 Å². The monoisotopic (exact) mass is 556 g/mol. The first kappa shape index (κ1) is 56.8. The van der Waals surface area contributed by atoms with Crippen LogP contribution in [0.5, 0.6) is 0 Å². The summed E-state index contributed by atoms with van der Waals surface area (Å²) in [6.07, 6.45) is -1.90. The van der Waals surface area contributed by atoms with Gasteiger partial charge in [-0.05, 0) is 13.8 Å². The van der Waals surface area contributed by atoms with Gasteiger partial charge in [0.2, 0.25) is 0 Å². The summed E-state index contributed by atoms with van der Waals surface area (Å²) in [5.41, 5.74) is -5.19. The van der Waals surface area contributed by atoms with Crippen LogP contribution >= 0.6 is 0 Å². The maximum absolute atomic E-state index is 10.5. The van der Waals surface area contributed by atoms with E-state index in [1.54, 1.807) is 0 Å². The third kappa shape index (κ3) is 21.6. The number of aliphatic hydroxyl groups is 2. The van der Waals surface area contributed by atoms with Gasteiger partial charge in [-0.3, -0.25) is 19.2 Å². The topological polar surface area (TPSA) is 264 Å². The molecule has 0 aliphatic rings. The molecule has 8 N–H and O–H groups in total. The van der Waals surface area contributed by atoms with Gasteiger partial charge in [-0.1, -0.05) is 0 Å². The summed E-state index contributed by atoms with van der Waals surface area (Å²) in [6.45, 7) is 1.49. The van der Waals surface area contributed by atoms with E-state index >= 15 is 0 Å². The third-order valence-corrected chi connectivity index (χ3v) is 3.58. The summed E-state index contributed by atoms with van der Waals surface area (Å²) < 4.78 is 0. The molecule has 0 saturated heterocycles. The standard InChI is InChI=1S/2C7H10O7.6Na.6H/c2*1-7(14,6(12)13)3(5(10)11)2-4(8)9;;;;;;;;;;;;/h2*3,14H,2H2,1H3,(H,8,9)(H,10,11)(H,12,13);;;;;;;;;;;;/q;;6*+1;6*-1/t2*3-,7?;;;;;;;;;;;;/m10............/s1. The molecule has 0 bridgehead atoms. The van der Waals surface area contributed by atoms with E-state index in [2.05, 4.69) is 0 Å². The second kappa shape index (κ2) is 26.0. The maximum Gasteiger partial charge on any atom is 1.00 e. The van der Waals surface area contributed by atoms with Crippen LogP contribution < -0.4 is 177 Å². The molecule has 0 aliphatic carbocycles. The molecule has 0 radical (unpaired) electrons. The molecule has 0 saturated carbocycles. The van der Waals surface area contributed by atoms with Crippen molar-refractivity contribution in [3.8, 4) is 0 Å². The molecule has 0 spiro atoms. The second-order valence-corrected chi connectivity index (χ2v) is 5.88. The minimum absolute atomic E-state index is 0. The van der Waals surface area contributed by atoms with Crippen LogP contribution in [0.15, 0.2) is 0 Å². The van der Waals surface area contributed by atoms with Gasteiger partial charge >= 0.3 is 213 Å². The van der Waals surface area contributed by atoms with E-state index < -0.39 is 71.7 Å². The summed E-state index contributed by atoms with van der Waals surface area (Å²) in [5.74, 6) is -13.6. The van der Waals surface area contributed by atoms with Crippen molar-refractivity contribution >= 4 is 35.8 Å². The van der Waals surface area contributed by atoms with Crippen LogP contribution in [0.25, 0.3) is 0 Å². The van der Waals surface area contributed by atoms with E-state index in [9.17, 15) is 39.0 Å². The van der Waals surface area contributed by atoms with Gasteiger partial charge in [-0.25, -0.2) is 9.59 Å². The Bertz CT molecular complexity index is 638. The Kier molecular flexibility index (Phi) is 43.4. The van der Waals surface area contributed by atoms with Gasteiger partial charge in [0.05, 0.1) is 12.8 Å². The number of hydrogen-bond donors (Lipinski definition) is 8. The molecule has 0 amide bonds. The van der Waals surface area contributed by atoms with Gasteiger partial charge in [0.1, 0.15) is 11.8 Å². The number of aliphatic carboxylic acids is 6. The Morgan fingerprint density at radius 3 is 0.824 bits per heavy atom. The van der Waals surface area contributed by atoms with Gasteiger partial charge in [-0.2, -0.15) is 0 Å². The molecule has 0 aromatic rings. The molecule has 0 aromatic heterocycles. The zero-order valence-corrected chi connectivity index (χ0v) is 32.6. The van der Waals surface area contributed by atoms with Crippen molar-refractivity contribution in [2.45, 2.75) is 37.9 Å². The van der Waals surface area contributed by atoms with Crippen molar-refractivity contribution in [2.75, 3.05) is 0 Å². The Morgan fingerprint density at radius 1 is 0.559 bits per heavy atom. The number of hydrogen-bond acceptors (Lipinski definition) is 8. The Balaban J connectivity index is -0.0000000217. The molecule has 0 heterocycles. The molecule has 0 fully saturated rings. The number of carboxylic acid groups (broad SMARTS) is 6. The minimum atomic E-state index is -2.59. The molecule has 20 heteroatoms. The Labute approximate surface area is 335 Å². The molecule has 0 aromatic carbocycles. The fourth-order valence-corrected chi connectivity index (χ4v) is 1.70. The summed E-state index contributed by atoms with van der Waals surface area (Å²) in [6, 6.07) is 0. The average molecular weight is 556 g/mol. The predicted molar refractivity (Wildman–Crippen MR) is 89.9 cm³/mol.